The van der Waals surface area contributed by atoms with Crippen molar-refractivity contribution in [1.82, 2.24) is 15.2 Å². The van der Waals surface area contributed by atoms with Gasteiger partial charge in [0.05, 0.1) is 5.52 Å². The number of anilines is 1. The molecule has 1 unspecified atom stereocenters. The van der Waals surface area contributed by atoms with E-state index >= 15 is 0 Å². The fourth-order valence-electron chi connectivity index (χ4n) is 2.20. The second kappa shape index (κ2) is 4.28. The molecule has 1 aliphatic rings. The number of benzene rings is 1. The quantitative estimate of drug-likeness (QED) is 0.877. The van der Waals surface area contributed by atoms with Gasteiger partial charge in [-0.1, -0.05) is 18.6 Å². The van der Waals surface area contributed by atoms with E-state index in [2.05, 4.69) is 27.4 Å². The normalized spacial score (nSPS) is 17.7. The van der Waals surface area contributed by atoms with Crippen molar-refractivity contribution in [2.45, 2.75) is 32.2 Å². The molecule has 0 saturated heterocycles. The van der Waals surface area contributed by atoms with Gasteiger partial charge >= 0.3 is 0 Å². The minimum atomic E-state index is 0.437. The van der Waals surface area contributed by atoms with E-state index in [0.717, 1.165) is 17.0 Å². The standard InChI is InChI=1S/C13H16N4/c1-9(10-5-4-6-10)14-13-15-11-7-2-3-8-12(11)16-17-13/h2-3,7-10H,4-6H2,1H3,(H,14,15,17). The lowest BCUT2D eigenvalue weighted by Crippen LogP contribution is -2.31. The lowest BCUT2D eigenvalue weighted by molar-refractivity contribution is 0.284. The Kier molecular flexibility index (Phi) is 2.63. The van der Waals surface area contributed by atoms with Crippen molar-refractivity contribution in [3.05, 3.63) is 24.3 Å². The molecule has 1 fully saturated rings. The van der Waals surface area contributed by atoms with E-state index in [-0.39, 0.29) is 0 Å². The molecule has 1 aromatic carbocycles. The zero-order chi connectivity index (χ0) is 11.7. The third-order valence-corrected chi connectivity index (χ3v) is 3.57. The van der Waals surface area contributed by atoms with Gasteiger partial charge in [0.2, 0.25) is 5.95 Å². The largest absolute Gasteiger partial charge is 0.350 e. The molecule has 1 heterocycles. The van der Waals surface area contributed by atoms with E-state index in [0.29, 0.717) is 12.0 Å². The fourth-order valence-corrected chi connectivity index (χ4v) is 2.20. The number of nitrogens with one attached hydrogen (secondary N) is 1. The van der Waals surface area contributed by atoms with Gasteiger partial charge in [-0.05, 0) is 37.8 Å². The van der Waals surface area contributed by atoms with Crippen LogP contribution in [0.4, 0.5) is 5.95 Å². The first-order chi connectivity index (χ1) is 8.33. The SMILES string of the molecule is CC(Nc1nnc2ccccc2n1)C1CCC1. The van der Waals surface area contributed by atoms with Gasteiger partial charge in [0.15, 0.2) is 0 Å². The van der Waals surface area contributed by atoms with Crippen molar-refractivity contribution in [1.29, 1.82) is 0 Å². The van der Waals surface area contributed by atoms with E-state index in [1.165, 1.54) is 19.3 Å². The summed E-state index contributed by atoms with van der Waals surface area (Å²) < 4.78 is 0. The van der Waals surface area contributed by atoms with Crippen LogP contribution in [0.5, 0.6) is 0 Å². The fraction of sp³-hybridized carbons (Fsp3) is 0.462. The number of para-hydroxylation sites is 1. The molecule has 3 rings (SSSR count). The summed E-state index contributed by atoms with van der Waals surface area (Å²) in [7, 11) is 0. The second-order valence-electron chi connectivity index (χ2n) is 4.75. The third kappa shape index (κ3) is 2.07. The van der Waals surface area contributed by atoms with Gasteiger partial charge in [0.25, 0.3) is 0 Å². The van der Waals surface area contributed by atoms with Crippen LogP contribution >= 0.6 is 0 Å². The van der Waals surface area contributed by atoms with Crippen LogP contribution in [0.3, 0.4) is 0 Å². The number of hydrogen-bond donors (Lipinski definition) is 1. The summed E-state index contributed by atoms with van der Waals surface area (Å²) >= 11 is 0. The van der Waals surface area contributed by atoms with E-state index in [1.54, 1.807) is 0 Å². The van der Waals surface area contributed by atoms with E-state index in [9.17, 15) is 0 Å². The Morgan fingerprint density at radius 2 is 1.94 bits per heavy atom. The Morgan fingerprint density at radius 1 is 1.18 bits per heavy atom. The summed E-state index contributed by atoms with van der Waals surface area (Å²) in [4.78, 5) is 4.47. The molecule has 1 atom stereocenters. The molecule has 0 spiro atoms. The molecular formula is C13H16N4. The van der Waals surface area contributed by atoms with Gasteiger partial charge < -0.3 is 5.32 Å². The molecule has 17 heavy (non-hydrogen) atoms. The molecule has 2 aromatic rings. The molecule has 4 nitrogen and oxygen atoms in total. The average Bonchev–Trinajstić information content (AvgIpc) is 2.26. The first kappa shape index (κ1) is 10.4. The Bertz CT molecular complexity index is 522. The molecule has 1 aliphatic carbocycles. The summed E-state index contributed by atoms with van der Waals surface area (Å²) in [5.74, 6) is 1.41. The summed E-state index contributed by atoms with van der Waals surface area (Å²) in [6, 6.07) is 8.24. The van der Waals surface area contributed by atoms with Crippen LogP contribution in [0.25, 0.3) is 11.0 Å². The van der Waals surface area contributed by atoms with Gasteiger partial charge in [-0.2, -0.15) is 0 Å². The van der Waals surface area contributed by atoms with Crippen LogP contribution in [-0.4, -0.2) is 21.2 Å². The lowest BCUT2D eigenvalue weighted by Gasteiger charge is -2.31. The molecule has 0 amide bonds. The van der Waals surface area contributed by atoms with Crippen molar-refractivity contribution < 1.29 is 0 Å². The van der Waals surface area contributed by atoms with Crippen LogP contribution in [-0.2, 0) is 0 Å². The zero-order valence-corrected chi connectivity index (χ0v) is 9.93. The highest BCUT2D eigenvalue weighted by molar-refractivity contribution is 5.74. The van der Waals surface area contributed by atoms with Gasteiger partial charge in [0.1, 0.15) is 5.52 Å². The molecule has 88 valence electrons. The maximum absolute atomic E-state index is 4.47. The average molecular weight is 228 g/mol. The molecule has 0 radical (unpaired) electrons. The van der Waals surface area contributed by atoms with Crippen LogP contribution < -0.4 is 5.32 Å². The number of hydrogen-bond acceptors (Lipinski definition) is 4. The Balaban J connectivity index is 1.80. The Labute approximate surface area is 100 Å². The van der Waals surface area contributed by atoms with Gasteiger partial charge in [-0.15, -0.1) is 10.2 Å². The highest BCUT2D eigenvalue weighted by Crippen LogP contribution is 2.30. The summed E-state index contributed by atoms with van der Waals surface area (Å²) in [5, 5.41) is 11.6. The minimum absolute atomic E-state index is 0.437. The van der Waals surface area contributed by atoms with Crippen LogP contribution in [0, 0.1) is 5.92 Å². The van der Waals surface area contributed by atoms with E-state index < -0.39 is 0 Å². The highest BCUT2D eigenvalue weighted by Gasteiger charge is 2.24. The van der Waals surface area contributed by atoms with Crippen molar-refractivity contribution >= 4 is 17.0 Å². The molecule has 1 aromatic heterocycles. The number of nitrogens with zero attached hydrogens (tertiary/aromatic N) is 3. The van der Waals surface area contributed by atoms with E-state index in [4.69, 9.17) is 0 Å². The molecular weight excluding hydrogens is 212 g/mol. The van der Waals surface area contributed by atoms with Gasteiger partial charge in [-0.3, -0.25) is 0 Å². The summed E-state index contributed by atoms with van der Waals surface area (Å²) in [6.07, 6.45) is 3.98. The van der Waals surface area contributed by atoms with Crippen LogP contribution in [0.15, 0.2) is 24.3 Å². The first-order valence-corrected chi connectivity index (χ1v) is 6.19. The highest BCUT2D eigenvalue weighted by atomic mass is 15.2. The Morgan fingerprint density at radius 3 is 2.65 bits per heavy atom. The topological polar surface area (TPSA) is 50.7 Å². The summed E-state index contributed by atoms with van der Waals surface area (Å²) in [6.45, 7) is 2.20. The minimum Gasteiger partial charge on any atom is -0.350 e. The van der Waals surface area contributed by atoms with Gasteiger partial charge in [0, 0.05) is 6.04 Å². The maximum atomic E-state index is 4.47. The molecule has 0 aliphatic heterocycles. The predicted molar refractivity (Wildman–Crippen MR) is 67.8 cm³/mol. The predicted octanol–water partition coefficient (Wildman–Crippen LogP) is 2.63. The van der Waals surface area contributed by atoms with Crippen molar-refractivity contribution in [2.75, 3.05) is 5.32 Å². The molecule has 1 N–H and O–H groups in total. The number of aromatic nitrogens is 3. The zero-order valence-electron chi connectivity index (χ0n) is 9.93. The van der Waals surface area contributed by atoms with E-state index in [1.807, 2.05) is 24.3 Å². The lowest BCUT2D eigenvalue weighted by atomic mass is 9.80. The molecule has 4 heteroatoms. The molecule has 0 bridgehead atoms. The smallest absolute Gasteiger partial charge is 0.243 e. The molecule has 1 saturated carbocycles. The maximum Gasteiger partial charge on any atom is 0.243 e. The van der Waals surface area contributed by atoms with Crippen LogP contribution in [0.2, 0.25) is 0 Å². The van der Waals surface area contributed by atoms with Crippen molar-refractivity contribution in [2.24, 2.45) is 5.92 Å². The van der Waals surface area contributed by atoms with Crippen molar-refractivity contribution in [3.8, 4) is 0 Å². The Hall–Kier alpha value is -1.71. The summed E-state index contributed by atoms with van der Waals surface area (Å²) in [5.41, 5.74) is 1.74. The number of rotatable bonds is 3. The second-order valence-corrected chi connectivity index (χ2v) is 4.75. The first-order valence-electron chi connectivity index (χ1n) is 6.19. The third-order valence-electron chi connectivity index (χ3n) is 3.57. The van der Waals surface area contributed by atoms with Crippen LogP contribution in [0.1, 0.15) is 26.2 Å². The monoisotopic (exact) mass is 228 g/mol. The van der Waals surface area contributed by atoms with Crippen molar-refractivity contribution in [3.63, 3.8) is 0 Å². The number of fused-ring (bicyclic) bond motifs is 1. The van der Waals surface area contributed by atoms with Gasteiger partial charge in [-0.25, -0.2) is 4.98 Å².